The van der Waals surface area contributed by atoms with E-state index in [0.29, 0.717) is 18.0 Å². The van der Waals surface area contributed by atoms with Crippen LogP contribution in [0.2, 0.25) is 0 Å². The summed E-state index contributed by atoms with van der Waals surface area (Å²) < 4.78 is 5.38. The number of nitro groups is 1. The molecule has 0 heterocycles. The molecule has 0 bridgehead atoms. The minimum Gasteiger partial charge on any atom is -0.487 e. The predicted octanol–water partition coefficient (Wildman–Crippen LogP) is 4.76. The van der Waals surface area contributed by atoms with Crippen molar-refractivity contribution in [2.45, 2.75) is 58.9 Å². The van der Waals surface area contributed by atoms with Gasteiger partial charge in [0, 0.05) is 6.04 Å². The van der Waals surface area contributed by atoms with Crippen molar-refractivity contribution in [3.63, 3.8) is 0 Å². The van der Waals surface area contributed by atoms with Gasteiger partial charge in [0.05, 0.1) is 11.5 Å². The van der Waals surface area contributed by atoms with Gasteiger partial charge in [-0.15, -0.1) is 0 Å². The van der Waals surface area contributed by atoms with Crippen molar-refractivity contribution in [3.05, 3.63) is 28.3 Å². The molecule has 0 amide bonds. The molecule has 0 saturated heterocycles. The summed E-state index contributed by atoms with van der Waals surface area (Å²) in [5.41, 5.74) is 0.595. The van der Waals surface area contributed by atoms with Crippen LogP contribution in [0.4, 0.5) is 11.4 Å². The van der Waals surface area contributed by atoms with Crippen LogP contribution in [0.5, 0.6) is 5.75 Å². The Kier molecular flexibility index (Phi) is 7.58. The van der Waals surface area contributed by atoms with Crippen LogP contribution in [0.25, 0.3) is 0 Å². The molecular formula is C16H26N2O3. The zero-order valence-corrected chi connectivity index (χ0v) is 13.2. The molecule has 1 aromatic rings. The Labute approximate surface area is 126 Å². The van der Waals surface area contributed by atoms with Crippen molar-refractivity contribution >= 4 is 11.4 Å². The minimum absolute atomic E-state index is 0.0388. The number of para-hydroxylation sites is 1. The zero-order valence-electron chi connectivity index (χ0n) is 13.2. The molecule has 0 aliphatic rings. The fourth-order valence-corrected chi connectivity index (χ4v) is 2.41. The summed E-state index contributed by atoms with van der Waals surface area (Å²) in [6.07, 6.45) is 5.34. The summed E-state index contributed by atoms with van der Waals surface area (Å²) >= 11 is 0. The smallest absolute Gasteiger partial charge is 0.333 e. The Bertz CT molecular complexity index is 449. The first-order valence-electron chi connectivity index (χ1n) is 7.80. The van der Waals surface area contributed by atoms with E-state index >= 15 is 0 Å². The standard InChI is InChI=1S/C16H26N2O3/c1-4-7-10-13(9-5-2)17-14-11-8-12-15(21-6-3)16(14)18(19)20/h8,11-13,17H,4-7,9-10H2,1-3H3. The Morgan fingerprint density at radius 2 is 2.00 bits per heavy atom. The summed E-state index contributed by atoms with van der Waals surface area (Å²) in [4.78, 5) is 11.0. The topological polar surface area (TPSA) is 64.4 Å². The molecule has 5 heteroatoms. The number of benzene rings is 1. The van der Waals surface area contributed by atoms with Gasteiger partial charge < -0.3 is 10.1 Å². The number of rotatable bonds is 10. The van der Waals surface area contributed by atoms with Crippen molar-refractivity contribution in [2.75, 3.05) is 11.9 Å². The fraction of sp³-hybridized carbons (Fsp3) is 0.625. The highest BCUT2D eigenvalue weighted by Gasteiger charge is 2.22. The van der Waals surface area contributed by atoms with Gasteiger partial charge in [-0.25, -0.2) is 0 Å². The van der Waals surface area contributed by atoms with Crippen LogP contribution in [-0.4, -0.2) is 17.6 Å². The van der Waals surface area contributed by atoms with Gasteiger partial charge in [-0.3, -0.25) is 10.1 Å². The molecule has 1 atom stereocenters. The number of anilines is 1. The third-order valence-electron chi connectivity index (χ3n) is 3.38. The summed E-state index contributed by atoms with van der Waals surface area (Å²) in [6.45, 7) is 6.52. The Morgan fingerprint density at radius 1 is 1.24 bits per heavy atom. The molecule has 1 N–H and O–H groups in total. The van der Waals surface area contributed by atoms with Gasteiger partial charge in [-0.1, -0.05) is 39.2 Å². The van der Waals surface area contributed by atoms with Crippen molar-refractivity contribution in [1.29, 1.82) is 0 Å². The molecule has 0 fully saturated rings. The second kappa shape index (κ2) is 9.21. The number of nitrogens with one attached hydrogen (secondary N) is 1. The Balaban J connectivity index is 2.98. The lowest BCUT2D eigenvalue weighted by molar-refractivity contribution is -0.385. The van der Waals surface area contributed by atoms with E-state index in [4.69, 9.17) is 4.74 Å². The molecule has 118 valence electrons. The Hall–Kier alpha value is -1.78. The molecular weight excluding hydrogens is 268 g/mol. The van der Waals surface area contributed by atoms with E-state index in [1.54, 1.807) is 18.2 Å². The van der Waals surface area contributed by atoms with Gasteiger partial charge in [-0.2, -0.15) is 0 Å². The predicted molar refractivity (Wildman–Crippen MR) is 86.1 cm³/mol. The first-order valence-corrected chi connectivity index (χ1v) is 7.80. The average Bonchev–Trinajstić information content (AvgIpc) is 2.45. The lowest BCUT2D eigenvalue weighted by atomic mass is 10.0. The summed E-state index contributed by atoms with van der Waals surface area (Å²) in [6, 6.07) is 5.47. The molecule has 0 radical (unpaired) electrons. The van der Waals surface area contributed by atoms with E-state index in [0.717, 1.165) is 32.1 Å². The highest BCUT2D eigenvalue weighted by atomic mass is 16.6. The molecule has 1 aromatic carbocycles. The SMILES string of the molecule is CCCCC(CCC)Nc1cccc(OCC)c1[N+](=O)[O-]. The van der Waals surface area contributed by atoms with E-state index in [2.05, 4.69) is 19.2 Å². The third kappa shape index (κ3) is 5.25. The average molecular weight is 294 g/mol. The molecule has 0 aliphatic heterocycles. The van der Waals surface area contributed by atoms with E-state index in [-0.39, 0.29) is 16.7 Å². The van der Waals surface area contributed by atoms with Crippen molar-refractivity contribution in [2.24, 2.45) is 0 Å². The number of nitrogens with zero attached hydrogens (tertiary/aromatic N) is 1. The highest BCUT2D eigenvalue weighted by Crippen LogP contribution is 2.35. The van der Waals surface area contributed by atoms with Gasteiger partial charge in [0.15, 0.2) is 5.75 Å². The second-order valence-electron chi connectivity index (χ2n) is 5.11. The zero-order chi connectivity index (χ0) is 15.7. The maximum Gasteiger partial charge on any atom is 0.333 e. The lowest BCUT2D eigenvalue weighted by Gasteiger charge is -2.19. The van der Waals surface area contributed by atoms with Crippen LogP contribution in [0, 0.1) is 10.1 Å². The van der Waals surface area contributed by atoms with Crippen molar-refractivity contribution < 1.29 is 9.66 Å². The maximum absolute atomic E-state index is 11.4. The van der Waals surface area contributed by atoms with Gasteiger partial charge in [-0.05, 0) is 31.9 Å². The molecule has 0 aliphatic carbocycles. The van der Waals surface area contributed by atoms with Crippen LogP contribution in [0.3, 0.4) is 0 Å². The number of unbranched alkanes of at least 4 members (excludes halogenated alkanes) is 1. The molecule has 1 unspecified atom stereocenters. The normalized spacial score (nSPS) is 12.0. The molecule has 5 nitrogen and oxygen atoms in total. The van der Waals surface area contributed by atoms with Gasteiger partial charge in [0.2, 0.25) is 0 Å². The van der Waals surface area contributed by atoms with Crippen LogP contribution < -0.4 is 10.1 Å². The first-order chi connectivity index (χ1) is 10.1. The molecule has 0 spiro atoms. The molecule has 21 heavy (non-hydrogen) atoms. The summed E-state index contributed by atoms with van der Waals surface area (Å²) in [5.74, 6) is 0.332. The van der Waals surface area contributed by atoms with Gasteiger partial charge in [0.1, 0.15) is 5.69 Å². The summed E-state index contributed by atoms with van der Waals surface area (Å²) in [7, 11) is 0. The van der Waals surface area contributed by atoms with E-state index < -0.39 is 0 Å². The first kappa shape index (κ1) is 17.3. The van der Waals surface area contributed by atoms with Crippen LogP contribution in [0.15, 0.2) is 18.2 Å². The quantitative estimate of drug-likeness (QED) is 0.499. The Morgan fingerprint density at radius 3 is 2.57 bits per heavy atom. The number of nitro benzene ring substituents is 1. The van der Waals surface area contributed by atoms with Crippen LogP contribution in [-0.2, 0) is 0 Å². The van der Waals surface area contributed by atoms with E-state index in [1.165, 1.54) is 0 Å². The number of ether oxygens (including phenoxy) is 1. The third-order valence-corrected chi connectivity index (χ3v) is 3.38. The van der Waals surface area contributed by atoms with Gasteiger partial charge in [0.25, 0.3) is 0 Å². The number of hydrogen-bond acceptors (Lipinski definition) is 4. The van der Waals surface area contributed by atoms with Crippen LogP contribution >= 0.6 is 0 Å². The fourth-order valence-electron chi connectivity index (χ4n) is 2.41. The highest BCUT2D eigenvalue weighted by molar-refractivity contribution is 5.68. The van der Waals surface area contributed by atoms with Crippen molar-refractivity contribution in [3.8, 4) is 5.75 Å². The van der Waals surface area contributed by atoms with E-state index in [1.807, 2.05) is 6.92 Å². The van der Waals surface area contributed by atoms with Crippen molar-refractivity contribution in [1.82, 2.24) is 0 Å². The molecule has 0 aromatic heterocycles. The number of hydrogen-bond donors (Lipinski definition) is 1. The second-order valence-corrected chi connectivity index (χ2v) is 5.11. The van der Waals surface area contributed by atoms with Gasteiger partial charge >= 0.3 is 5.69 Å². The van der Waals surface area contributed by atoms with Crippen LogP contribution in [0.1, 0.15) is 52.9 Å². The molecule has 1 rings (SSSR count). The van der Waals surface area contributed by atoms with E-state index in [9.17, 15) is 10.1 Å². The monoisotopic (exact) mass is 294 g/mol. The minimum atomic E-state index is -0.365. The maximum atomic E-state index is 11.4. The largest absolute Gasteiger partial charge is 0.487 e. The molecule has 0 saturated carbocycles. The summed E-state index contributed by atoms with van der Waals surface area (Å²) in [5, 5.41) is 14.7. The lowest BCUT2D eigenvalue weighted by Crippen LogP contribution is -2.20.